The van der Waals surface area contributed by atoms with E-state index in [1.807, 2.05) is 6.92 Å². The van der Waals surface area contributed by atoms with Crippen molar-refractivity contribution in [2.24, 2.45) is 0 Å². The molecule has 1 unspecified atom stereocenters. The monoisotopic (exact) mass is 194 g/mol. The van der Waals surface area contributed by atoms with Crippen molar-refractivity contribution in [2.45, 2.75) is 33.3 Å². The second-order valence-corrected chi connectivity index (χ2v) is 4.66. The molecule has 0 aliphatic carbocycles. The van der Waals surface area contributed by atoms with Gasteiger partial charge in [-0.2, -0.15) is 4.20 Å². The van der Waals surface area contributed by atoms with Crippen LogP contribution in [0.15, 0.2) is 12.2 Å². The molecule has 0 aliphatic heterocycles. The minimum Gasteiger partial charge on any atom is -0.303 e. The van der Waals surface area contributed by atoms with Gasteiger partial charge < -0.3 is 4.52 Å². The maximum atomic E-state index is 13.0. The van der Waals surface area contributed by atoms with E-state index >= 15 is 0 Å². The summed E-state index contributed by atoms with van der Waals surface area (Å²) in [5.74, 6) is 0. The lowest BCUT2D eigenvalue weighted by Gasteiger charge is -2.11. The van der Waals surface area contributed by atoms with Gasteiger partial charge in [0.2, 0.25) is 0 Å². The van der Waals surface area contributed by atoms with E-state index in [1.54, 1.807) is 26.0 Å². The minimum atomic E-state index is -3.83. The van der Waals surface area contributed by atoms with Crippen LogP contribution in [-0.2, 0) is 9.09 Å². The van der Waals surface area contributed by atoms with Gasteiger partial charge in [-0.05, 0) is 27.2 Å². The Morgan fingerprint density at radius 1 is 1.58 bits per heavy atom. The number of hydrogen-bond donors (Lipinski definition) is 0. The van der Waals surface area contributed by atoms with Crippen molar-refractivity contribution in [2.75, 3.05) is 6.16 Å². The molecule has 0 aromatic carbocycles. The van der Waals surface area contributed by atoms with E-state index in [2.05, 4.69) is 4.52 Å². The summed E-state index contributed by atoms with van der Waals surface area (Å²) in [5, 5.41) is 0. The summed E-state index contributed by atoms with van der Waals surface area (Å²) in [6.07, 6.45) is 3.71. The van der Waals surface area contributed by atoms with Crippen LogP contribution in [0, 0.1) is 0 Å². The van der Waals surface area contributed by atoms with Crippen molar-refractivity contribution in [3.8, 4) is 0 Å². The maximum Gasteiger partial charge on any atom is 0.368 e. The van der Waals surface area contributed by atoms with Crippen molar-refractivity contribution < 1.29 is 13.3 Å². The lowest BCUT2D eigenvalue weighted by molar-refractivity contribution is 0.224. The summed E-state index contributed by atoms with van der Waals surface area (Å²) in [7, 11) is -3.83. The molecule has 12 heavy (non-hydrogen) atoms. The summed E-state index contributed by atoms with van der Waals surface area (Å²) in [5.41, 5.74) is 0. The number of rotatable bonds is 5. The molecule has 4 heteroatoms. The maximum absolute atomic E-state index is 13.0. The molecule has 0 radical (unpaired) electrons. The van der Waals surface area contributed by atoms with Crippen LogP contribution in [-0.4, -0.2) is 12.3 Å². The van der Waals surface area contributed by atoms with Crippen LogP contribution >= 0.6 is 7.68 Å². The van der Waals surface area contributed by atoms with Crippen LogP contribution in [0.25, 0.3) is 0 Å². The van der Waals surface area contributed by atoms with Gasteiger partial charge in [0.1, 0.15) is 0 Å². The van der Waals surface area contributed by atoms with Gasteiger partial charge in [-0.1, -0.05) is 12.2 Å². The number of halogens is 1. The second kappa shape index (κ2) is 5.50. The number of allylic oxidation sites excluding steroid dienone is 2. The highest BCUT2D eigenvalue weighted by molar-refractivity contribution is 7.53. The van der Waals surface area contributed by atoms with Gasteiger partial charge in [0.25, 0.3) is 0 Å². The zero-order valence-electron chi connectivity index (χ0n) is 7.79. The molecule has 0 heterocycles. The van der Waals surface area contributed by atoms with Crippen LogP contribution in [0.1, 0.15) is 27.2 Å². The average Bonchev–Trinajstić information content (AvgIpc) is 1.84. The molecule has 1 atom stereocenters. The molecule has 0 N–H and O–H groups in total. The Balaban J connectivity index is 3.79. The Morgan fingerprint density at radius 2 is 2.17 bits per heavy atom. The van der Waals surface area contributed by atoms with Gasteiger partial charge in [-0.25, -0.2) is 0 Å². The van der Waals surface area contributed by atoms with Crippen LogP contribution < -0.4 is 0 Å². The smallest absolute Gasteiger partial charge is 0.303 e. The molecule has 0 rings (SSSR count). The van der Waals surface area contributed by atoms with Crippen LogP contribution in [0.5, 0.6) is 0 Å². The number of hydrogen-bond acceptors (Lipinski definition) is 2. The fraction of sp³-hybridized carbons (Fsp3) is 0.750. The van der Waals surface area contributed by atoms with Crippen molar-refractivity contribution in [3.05, 3.63) is 12.2 Å². The largest absolute Gasteiger partial charge is 0.368 e. The molecular weight excluding hydrogens is 178 g/mol. The first-order valence-electron chi connectivity index (χ1n) is 4.06. The van der Waals surface area contributed by atoms with Crippen LogP contribution in [0.2, 0.25) is 0 Å². The van der Waals surface area contributed by atoms with Crippen LogP contribution in [0.3, 0.4) is 0 Å². The summed E-state index contributed by atoms with van der Waals surface area (Å²) in [6.45, 7) is 5.18. The van der Waals surface area contributed by atoms with Crippen molar-refractivity contribution >= 4 is 7.68 Å². The molecule has 0 aromatic heterocycles. The normalized spacial score (nSPS) is 17.1. The van der Waals surface area contributed by atoms with E-state index in [4.69, 9.17) is 0 Å². The minimum absolute atomic E-state index is 0.0183. The first kappa shape index (κ1) is 11.9. The van der Waals surface area contributed by atoms with E-state index in [9.17, 15) is 8.76 Å². The third-order valence-electron chi connectivity index (χ3n) is 1.17. The molecule has 0 aliphatic rings. The van der Waals surface area contributed by atoms with E-state index in [1.165, 1.54) is 0 Å². The molecule has 0 bridgehead atoms. The highest BCUT2D eigenvalue weighted by atomic mass is 31.2. The Labute approximate surface area is 73.4 Å². The Kier molecular flexibility index (Phi) is 5.43. The van der Waals surface area contributed by atoms with E-state index in [0.29, 0.717) is 6.42 Å². The van der Waals surface area contributed by atoms with E-state index in [-0.39, 0.29) is 12.3 Å². The fourth-order valence-electron chi connectivity index (χ4n) is 0.763. The topological polar surface area (TPSA) is 26.3 Å². The molecule has 0 aromatic rings. The molecular formula is C8H16FO2P. The summed E-state index contributed by atoms with van der Waals surface area (Å²) < 4.78 is 28.6. The van der Waals surface area contributed by atoms with Gasteiger partial charge in [0, 0.05) is 0 Å². The molecule has 0 amide bonds. The quantitative estimate of drug-likeness (QED) is 0.494. The van der Waals surface area contributed by atoms with Crippen molar-refractivity contribution in [3.63, 3.8) is 0 Å². The van der Waals surface area contributed by atoms with Gasteiger partial charge in [-0.3, -0.25) is 4.57 Å². The zero-order valence-corrected chi connectivity index (χ0v) is 8.68. The predicted octanol–water partition coefficient (Wildman–Crippen LogP) is 3.54. The summed E-state index contributed by atoms with van der Waals surface area (Å²) in [6, 6.07) is 0. The Hall–Kier alpha value is -0.140. The molecule has 0 spiro atoms. The lowest BCUT2D eigenvalue weighted by atomic mass is 10.4. The summed E-state index contributed by atoms with van der Waals surface area (Å²) in [4.78, 5) is 0. The second-order valence-electron chi connectivity index (χ2n) is 2.83. The van der Waals surface area contributed by atoms with Crippen LogP contribution in [0.4, 0.5) is 4.20 Å². The van der Waals surface area contributed by atoms with Gasteiger partial charge >= 0.3 is 7.68 Å². The summed E-state index contributed by atoms with van der Waals surface area (Å²) >= 11 is 0. The van der Waals surface area contributed by atoms with Crippen molar-refractivity contribution in [1.82, 2.24) is 0 Å². The third-order valence-corrected chi connectivity index (χ3v) is 2.70. The van der Waals surface area contributed by atoms with E-state index in [0.717, 1.165) is 0 Å². The fourth-order valence-corrected chi connectivity index (χ4v) is 1.96. The Morgan fingerprint density at radius 3 is 2.58 bits per heavy atom. The molecule has 0 fully saturated rings. The standard InChI is InChI=1S/C8H16FO2P/c1-4-5-6-7-12(9,10)11-8(2)3/h4-5,8H,6-7H2,1-3H3. The molecule has 72 valence electrons. The highest BCUT2D eigenvalue weighted by Crippen LogP contribution is 2.50. The average molecular weight is 194 g/mol. The van der Waals surface area contributed by atoms with Crippen molar-refractivity contribution in [1.29, 1.82) is 0 Å². The zero-order chi connectivity index (χ0) is 9.61. The SMILES string of the molecule is CC=CCCP(=O)(F)OC(C)C. The predicted molar refractivity (Wildman–Crippen MR) is 49.2 cm³/mol. The third kappa shape index (κ3) is 6.56. The van der Waals surface area contributed by atoms with E-state index < -0.39 is 7.68 Å². The molecule has 2 nitrogen and oxygen atoms in total. The highest BCUT2D eigenvalue weighted by Gasteiger charge is 2.21. The Bertz CT molecular complexity index is 189. The first-order chi connectivity index (χ1) is 5.48. The molecule has 0 saturated carbocycles. The van der Waals surface area contributed by atoms with Gasteiger partial charge in [0.05, 0.1) is 12.3 Å². The van der Waals surface area contributed by atoms with Gasteiger partial charge in [0.15, 0.2) is 0 Å². The first-order valence-corrected chi connectivity index (χ1v) is 5.76. The lowest BCUT2D eigenvalue weighted by Crippen LogP contribution is -1.99. The molecule has 0 saturated heterocycles. The van der Waals surface area contributed by atoms with Gasteiger partial charge in [-0.15, -0.1) is 0 Å².